The highest BCUT2D eigenvalue weighted by molar-refractivity contribution is 14.1. The van der Waals surface area contributed by atoms with Crippen LogP contribution in [0, 0.1) is 3.57 Å². The van der Waals surface area contributed by atoms with Crippen LogP contribution in [0.2, 0.25) is 0 Å². The molecule has 152 valence electrons. The maximum absolute atomic E-state index is 12.4. The lowest BCUT2D eigenvalue weighted by Gasteiger charge is -2.14. The summed E-state index contributed by atoms with van der Waals surface area (Å²) in [6.45, 7) is 2.72. The summed E-state index contributed by atoms with van der Waals surface area (Å²) in [5.41, 5.74) is 2.03. The van der Waals surface area contributed by atoms with E-state index in [0.29, 0.717) is 31.1 Å². The molecule has 0 bridgehead atoms. The first-order valence-corrected chi connectivity index (χ1v) is 10.9. The van der Waals surface area contributed by atoms with Crippen LogP contribution in [-0.4, -0.2) is 30.5 Å². The van der Waals surface area contributed by atoms with E-state index in [4.69, 9.17) is 9.47 Å². The molecular weight excluding hydrogens is 551 g/mol. The lowest BCUT2D eigenvalue weighted by atomic mass is 10.1. The number of carbonyl (C=O) groups is 2. The lowest BCUT2D eigenvalue weighted by Crippen LogP contribution is -2.31. The lowest BCUT2D eigenvalue weighted by molar-refractivity contribution is -0.122. The van der Waals surface area contributed by atoms with Crippen LogP contribution in [0.5, 0.6) is 11.5 Å². The Bertz CT molecular complexity index is 960. The van der Waals surface area contributed by atoms with E-state index in [1.165, 1.54) is 4.90 Å². The van der Waals surface area contributed by atoms with Gasteiger partial charge < -0.3 is 14.8 Å². The number of methoxy groups -OCH3 is 1. The smallest absolute Gasteiger partial charge is 0.329 e. The van der Waals surface area contributed by atoms with Crippen molar-refractivity contribution in [1.29, 1.82) is 0 Å². The summed E-state index contributed by atoms with van der Waals surface area (Å²) in [6.07, 6.45) is 2.36. The SMILES string of the molecule is CCCN1C(=O)N/C(=C/c2cc(I)c(OCc3ccc(Br)cc3)c(OC)c2)C1=O. The number of nitrogens with one attached hydrogen (secondary N) is 1. The molecule has 0 atom stereocenters. The largest absolute Gasteiger partial charge is 0.493 e. The van der Waals surface area contributed by atoms with Crippen LogP contribution in [0.25, 0.3) is 6.08 Å². The van der Waals surface area contributed by atoms with Crippen LogP contribution in [-0.2, 0) is 11.4 Å². The van der Waals surface area contributed by atoms with E-state index in [9.17, 15) is 9.59 Å². The molecule has 1 fully saturated rings. The average molecular weight is 571 g/mol. The molecule has 0 spiro atoms. The number of ether oxygens (including phenoxy) is 2. The van der Waals surface area contributed by atoms with Gasteiger partial charge in [0.1, 0.15) is 12.3 Å². The topological polar surface area (TPSA) is 67.9 Å². The molecule has 3 rings (SSSR count). The first-order valence-electron chi connectivity index (χ1n) is 9.02. The molecule has 0 aliphatic carbocycles. The Balaban J connectivity index is 1.82. The van der Waals surface area contributed by atoms with Gasteiger partial charge in [0.25, 0.3) is 5.91 Å². The van der Waals surface area contributed by atoms with E-state index in [0.717, 1.165) is 19.2 Å². The molecule has 2 aromatic rings. The minimum atomic E-state index is -0.390. The normalized spacial score (nSPS) is 15.0. The molecule has 1 N–H and O–H groups in total. The molecule has 0 saturated carbocycles. The standard InChI is InChI=1S/C21H20BrIN2O4/c1-3-8-25-20(26)17(24-21(25)27)10-14-9-16(23)19(18(11-14)28-2)29-12-13-4-6-15(22)7-5-13/h4-7,9-11H,3,8,12H2,1-2H3,(H,24,27)/b17-10+. The Hall–Kier alpha value is -2.07. The van der Waals surface area contributed by atoms with Crippen molar-refractivity contribution in [2.75, 3.05) is 13.7 Å². The fraction of sp³-hybridized carbons (Fsp3) is 0.238. The van der Waals surface area contributed by atoms with Gasteiger partial charge in [0.15, 0.2) is 11.5 Å². The molecule has 8 heteroatoms. The maximum Gasteiger partial charge on any atom is 0.329 e. The third kappa shape index (κ3) is 5.11. The summed E-state index contributed by atoms with van der Waals surface area (Å²) in [6, 6.07) is 11.2. The second-order valence-electron chi connectivity index (χ2n) is 6.39. The van der Waals surface area contributed by atoms with Gasteiger partial charge in [-0.2, -0.15) is 0 Å². The molecule has 0 aromatic heterocycles. The van der Waals surface area contributed by atoms with Gasteiger partial charge >= 0.3 is 6.03 Å². The van der Waals surface area contributed by atoms with Crippen molar-refractivity contribution in [3.05, 3.63) is 61.3 Å². The molecule has 2 aromatic carbocycles. The van der Waals surface area contributed by atoms with Gasteiger partial charge in [0, 0.05) is 11.0 Å². The summed E-state index contributed by atoms with van der Waals surface area (Å²) in [4.78, 5) is 25.6. The number of imide groups is 1. The third-order valence-corrected chi connectivity index (χ3v) is 5.60. The van der Waals surface area contributed by atoms with E-state index in [1.54, 1.807) is 19.3 Å². The molecule has 1 heterocycles. The number of rotatable bonds is 7. The highest BCUT2D eigenvalue weighted by Gasteiger charge is 2.32. The van der Waals surface area contributed by atoms with Crippen molar-refractivity contribution in [2.24, 2.45) is 0 Å². The van der Waals surface area contributed by atoms with E-state index < -0.39 is 0 Å². The molecule has 1 saturated heterocycles. The van der Waals surface area contributed by atoms with Gasteiger partial charge in [-0.3, -0.25) is 9.69 Å². The van der Waals surface area contributed by atoms with Crippen molar-refractivity contribution >= 4 is 56.5 Å². The Morgan fingerprint density at radius 1 is 1.21 bits per heavy atom. The molecule has 3 amide bonds. The molecule has 1 aliphatic heterocycles. The van der Waals surface area contributed by atoms with Crippen LogP contribution in [0.3, 0.4) is 0 Å². The Morgan fingerprint density at radius 2 is 1.93 bits per heavy atom. The number of nitrogens with zero attached hydrogens (tertiary/aromatic N) is 1. The molecule has 0 unspecified atom stereocenters. The zero-order chi connectivity index (χ0) is 21.0. The fourth-order valence-corrected chi connectivity index (χ4v) is 3.91. The van der Waals surface area contributed by atoms with E-state index in [-0.39, 0.29) is 17.6 Å². The first-order chi connectivity index (χ1) is 13.9. The van der Waals surface area contributed by atoms with E-state index in [1.807, 2.05) is 37.3 Å². The highest BCUT2D eigenvalue weighted by atomic mass is 127. The molecular formula is C21H20BrIN2O4. The number of urea groups is 1. The number of hydrogen-bond acceptors (Lipinski definition) is 4. The Morgan fingerprint density at radius 3 is 2.59 bits per heavy atom. The number of amides is 3. The summed E-state index contributed by atoms with van der Waals surface area (Å²) in [5.74, 6) is 0.872. The van der Waals surface area contributed by atoms with Gasteiger partial charge in [0.05, 0.1) is 10.7 Å². The van der Waals surface area contributed by atoms with Crippen LogP contribution in [0.1, 0.15) is 24.5 Å². The predicted molar refractivity (Wildman–Crippen MR) is 123 cm³/mol. The molecule has 0 radical (unpaired) electrons. The third-order valence-electron chi connectivity index (χ3n) is 4.27. The van der Waals surface area contributed by atoms with Crippen molar-refractivity contribution in [3.63, 3.8) is 0 Å². The number of hydrogen-bond donors (Lipinski definition) is 1. The number of benzene rings is 2. The van der Waals surface area contributed by atoms with Crippen molar-refractivity contribution in [1.82, 2.24) is 10.2 Å². The summed E-state index contributed by atoms with van der Waals surface area (Å²) < 4.78 is 13.3. The van der Waals surface area contributed by atoms with Gasteiger partial charge in [-0.05, 0) is 70.5 Å². The minimum Gasteiger partial charge on any atom is -0.493 e. The monoisotopic (exact) mass is 570 g/mol. The van der Waals surface area contributed by atoms with Crippen LogP contribution in [0.4, 0.5) is 4.79 Å². The molecule has 6 nitrogen and oxygen atoms in total. The molecule has 1 aliphatic rings. The van der Waals surface area contributed by atoms with Crippen LogP contribution < -0.4 is 14.8 Å². The van der Waals surface area contributed by atoms with Crippen LogP contribution >= 0.6 is 38.5 Å². The number of halogens is 2. The second-order valence-corrected chi connectivity index (χ2v) is 8.47. The van der Waals surface area contributed by atoms with Gasteiger partial charge in [-0.15, -0.1) is 0 Å². The van der Waals surface area contributed by atoms with Crippen molar-refractivity contribution in [3.8, 4) is 11.5 Å². The average Bonchev–Trinajstić information content (AvgIpc) is 2.96. The maximum atomic E-state index is 12.4. The van der Waals surface area contributed by atoms with Crippen LogP contribution in [0.15, 0.2) is 46.6 Å². The zero-order valence-electron chi connectivity index (χ0n) is 16.0. The minimum absolute atomic E-state index is 0.254. The predicted octanol–water partition coefficient (Wildman–Crippen LogP) is 4.94. The second kappa shape index (κ2) is 9.62. The van der Waals surface area contributed by atoms with E-state index in [2.05, 4.69) is 43.8 Å². The van der Waals surface area contributed by atoms with Crippen molar-refractivity contribution < 1.29 is 19.1 Å². The quantitative estimate of drug-likeness (QED) is 0.291. The van der Waals surface area contributed by atoms with E-state index >= 15 is 0 Å². The number of carbonyl (C=O) groups excluding carboxylic acids is 2. The highest BCUT2D eigenvalue weighted by Crippen LogP contribution is 2.35. The van der Waals surface area contributed by atoms with Gasteiger partial charge in [-0.25, -0.2) is 4.79 Å². The van der Waals surface area contributed by atoms with Gasteiger partial charge in [0.2, 0.25) is 0 Å². The summed E-state index contributed by atoms with van der Waals surface area (Å²) >= 11 is 5.59. The fourth-order valence-electron chi connectivity index (χ4n) is 2.86. The van der Waals surface area contributed by atoms with Gasteiger partial charge in [-0.1, -0.05) is 35.0 Å². The van der Waals surface area contributed by atoms with Crippen molar-refractivity contribution in [2.45, 2.75) is 20.0 Å². The Labute approximate surface area is 191 Å². The first kappa shape index (κ1) is 21.6. The zero-order valence-corrected chi connectivity index (χ0v) is 19.7. The summed E-state index contributed by atoms with van der Waals surface area (Å²) in [7, 11) is 1.57. The Kier molecular flexibility index (Phi) is 7.18. The molecule has 29 heavy (non-hydrogen) atoms. The summed E-state index contributed by atoms with van der Waals surface area (Å²) in [5, 5.41) is 2.63.